The topological polar surface area (TPSA) is 78.9 Å². The van der Waals surface area contributed by atoms with Crippen LogP contribution in [0.5, 0.6) is 0 Å². The zero-order chi connectivity index (χ0) is 14.0. The molecule has 1 amide bonds. The summed E-state index contributed by atoms with van der Waals surface area (Å²) in [7, 11) is 0. The summed E-state index contributed by atoms with van der Waals surface area (Å²) in [6.07, 6.45) is 1.58. The van der Waals surface area contributed by atoms with Crippen LogP contribution in [0.4, 0.5) is 0 Å². The Hall–Kier alpha value is -1.56. The maximum atomic E-state index is 12.6. The van der Waals surface area contributed by atoms with E-state index in [9.17, 15) is 4.79 Å². The van der Waals surface area contributed by atoms with Crippen LogP contribution < -0.4 is 5.73 Å². The highest BCUT2D eigenvalue weighted by Crippen LogP contribution is 2.25. The van der Waals surface area contributed by atoms with E-state index in [-0.39, 0.29) is 17.8 Å². The van der Waals surface area contributed by atoms with Crippen LogP contribution in [0, 0.1) is 6.92 Å². The Morgan fingerprint density at radius 1 is 1.58 bits per heavy atom. The summed E-state index contributed by atoms with van der Waals surface area (Å²) in [6.45, 7) is 2.56. The number of benzene rings is 1. The molecule has 19 heavy (non-hydrogen) atoms. The van der Waals surface area contributed by atoms with Crippen LogP contribution >= 0.6 is 15.9 Å². The van der Waals surface area contributed by atoms with E-state index in [1.54, 1.807) is 4.90 Å². The summed E-state index contributed by atoms with van der Waals surface area (Å²) in [5.74, 6) is -0.000648. The van der Waals surface area contributed by atoms with Crippen molar-refractivity contribution in [1.29, 1.82) is 0 Å². The van der Waals surface area contributed by atoms with Crippen molar-refractivity contribution in [2.75, 3.05) is 6.54 Å². The van der Waals surface area contributed by atoms with Gasteiger partial charge in [0.05, 0.1) is 11.6 Å². The maximum Gasteiger partial charge on any atom is 0.255 e. The minimum atomic E-state index is -0.315. The Kier molecular flexibility index (Phi) is 4.09. The largest absolute Gasteiger partial charge is 0.409 e. The molecule has 1 aromatic rings. The van der Waals surface area contributed by atoms with Gasteiger partial charge in [0.2, 0.25) is 0 Å². The monoisotopic (exact) mass is 325 g/mol. The van der Waals surface area contributed by atoms with Crippen molar-refractivity contribution in [3.05, 3.63) is 33.8 Å². The van der Waals surface area contributed by atoms with Crippen LogP contribution in [0.1, 0.15) is 28.8 Å². The molecule has 0 aromatic heterocycles. The molecule has 1 fully saturated rings. The van der Waals surface area contributed by atoms with Gasteiger partial charge >= 0.3 is 0 Å². The van der Waals surface area contributed by atoms with Crippen LogP contribution in [0.15, 0.2) is 27.8 Å². The lowest BCUT2D eigenvalue weighted by Gasteiger charge is -2.24. The molecule has 1 atom stereocenters. The van der Waals surface area contributed by atoms with Crippen LogP contribution in [-0.2, 0) is 0 Å². The molecule has 0 saturated carbocycles. The van der Waals surface area contributed by atoms with Gasteiger partial charge in [-0.3, -0.25) is 4.79 Å². The van der Waals surface area contributed by atoms with E-state index in [1.807, 2.05) is 25.1 Å². The van der Waals surface area contributed by atoms with Crippen LogP contribution in [0.3, 0.4) is 0 Å². The molecule has 0 spiro atoms. The van der Waals surface area contributed by atoms with E-state index in [0.717, 1.165) is 22.9 Å². The second-order valence-electron chi connectivity index (χ2n) is 4.66. The zero-order valence-electron chi connectivity index (χ0n) is 10.6. The molecule has 1 unspecified atom stereocenters. The van der Waals surface area contributed by atoms with Crippen LogP contribution in [0.2, 0.25) is 0 Å². The Morgan fingerprint density at radius 3 is 3.00 bits per heavy atom. The molecule has 1 aliphatic heterocycles. The highest BCUT2D eigenvalue weighted by Gasteiger charge is 2.33. The van der Waals surface area contributed by atoms with Gasteiger partial charge < -0.3 is 15.8 Å². The van der Waals surface area contributed by atoms with Crippen molar-refractivity contribution in [3.63, 3.8) is 0 Å². The number of amides is 1. The van der Waals surface area contributed by atoms with E-state index in [2.05, 4.69) is 21.1 Å². The maximum absolute atomic E-state index is 12.6. The molecule has 6 heteroatoms. The van der Waals surface area contributed by atoms with E-state index >= 15 is 0 Å². The van der Waals surface area contributed by atoms with Gasteiger partial charge in [-0.2, -0.15) is 0 Å². The van der Waals surface area contributed by atoms with Crippen molar-refractivity contribution in [2.45, 2.75) is 25.8 Å². The second-order valence-corrected chi connectivity index (χ2v) is 5.52. The van der Waals surface area contributed by atoms with Gasteiger partial charge in [0.15, 0.2) is 5.84 Å². The van der Waals surface area contributed by atoms with Crippen molar-refractivity contribution in [1.82, 2.24) is 4.90 Å². The molecule has 5 nitrogen and oxygen atoms in total. The van der Waals surface area contributed by atoms with E-state index in [0.29, 0.717) is 12.1 Å². The summed E-state index contributed by atoms with van der Waals surface area (Å²) in [4.78, 5) is 14.2. The first-order chi connectivity index (χ1) is 9.04. The third-order valence-electron chi connectivity index (χ3n) is 3.32. The molecular weight excluding hydrogens is 310 g/mol. The first-order valence-corrected chi connectivity index (χ1v) is 6.88. The molecule has 3 N–H and O–H groups in total. The number of nitrogens with two attached hydrogens (primary N) is 1. The van der Waals surface area contributed by atoms with Gasteiger partial charge in [-0.15, -0.1) is 0 Å². The third kappa shape index (κ3) is 2.73. The lowest BCUT2D eigenvalue weighted by atomic mass is 10.1. The predicted octanol–water partition coefficient (Wildman–Crippen LogP) is 2.11. The molecule has 102 valence electrons. The zero-order valence-corrected chi connectivity index (χ0v) is 12.2. The summed E-state index contributed by atoms with van der Waals surface area (Å²) in [5, 5.41) is 11.8. The number of amidine groups is 1. The fourth-order valence-corrected chi connectivity index (χ4v) is 2.76. The Morgan fingerprint density at radius 2 is 2.32 bits per heavy atom. The van der Waals surface area contributed by atoms with E-state index < -0.39 is 0 Å². The fraction of sp³-hybridized carbons (Fsp3) is 0.385. The second kappa shape index (κ2) is 5.61. The molecule has 0 aliphatic carbocycles. The first-order valence-electron chi connectivity index (χ1n) is 6.09. The normalized spacial score (nSPS) is 19.8. The number of oxime groups is 1. The van der Waals surface area contributed by atoms with E-state index in [4.69, 9.17) is 10.9 Å². The first kappa shape index (κ1) is 13.9. The minimum Gasteiger partial charge on any atom is -0.409 e. The Balaban J connectivity index is 2.31. The number of nitrogens with zero attached hydrogens (tertiary/aromatic N) is 2. The molecule has 1 heterocycles. The Labute approximate surface area is 120 Å². The van der Waals surface area contributed by atoms with E-state index in [1.165, 1.54) is 0 Å². The van der Waals surface area contributed by atoms with Gasteiger partial charge in [-0.05, 0) is 47.8 Å². The minimum absolute atomic E-state index is 0.0922. The number of rotatable bonds is 2. The number of hydrogen-bond acceptors (Lipinski definition) is 3. The molecule has 0 radical (unpaired) electrons. The summed E-state index contributed by atoms with van der Waals surface area (Å²) >= 11 is 3.39. The summed E-state index contributed by atoms with van der Waals surface area (Å²) < 4.78 is 0.758. The average Bonchev–Trinajstić information content (AvgIpc) is 2.89. The number of carbonyl (C=O) groups is 1. The van der Waals surface area contributed by atoms with Gasteiger partial charge in [-0.25, -0.2) is 0 Å². The van der Waals surface area contributed by atoms with Gasteiger partial charge in [0, 0.05) is 11.0 Å². The highest BCUT2D eigenvalue weighted by atomic mass is 79.9. The quantitative estimate of drug-likeness (QED) is 0.378. The number of likely N-dealkylation sites (tertiary alicyclic amines) is 1. The van der Waals surface area contributed by atoms with Crippen LogP contribution in [0.25, 0.3) is 0 Å². The Bertz CT molecular complexity index is 531. The van der Waals surface area contributed by atoms with Gasteiger partial charge in [0.25, 0.3) is 5.91 Å². The number of hydrogen-bond donors (Lipinski definition) is 2. The van der Waals surface area contributed by atoms with Crippen molar-refractivity contribution in [3.8, 4) is 0 Å². The van der Waals surface area contributed by atoms with Gasteiger partial charge in [0.1, 0.15) is 0 Å². The third-order valence-corrected chi connectivity index (χ3v) is 4.01. The van der Waals surface area contributed by atoms with Crippen molar-refractivity contribution in [2.24, 2.45) is 10.9 Å². The molecule has 1 saturated heterocycles. The molecule has 1 aromatic carbocycles. The van der Waals surface area contributed by atoms with Crippen LogP contribution in [-0.4, -0.2) is 34.4 Å². The molecule has 0 bridgehead atoms. The van der Waals surface area contributed by atoms with Crippen molar-refractivity contribution < 1.29 is 10.0 Å². The molecule has 1 aliphatic rings. The molecule has 2 rings (SSSR count). The fourth-order valence-electron chi connectivity index (χ4n) is 2.34. The summed E-state index contributed by atoms with van der Waals surface area (Å²) in [6, 6.07) is 5.32. The predicted molar refractivity (Wildman–Crippen MR) is 76.3 cm³/mol. The lowest BCUT2D eigenvalue weighted by Crippen LogP contribution is -2.44. The standard InChI is InChI=1S/C13H16BrN3O2/c1-8-4-5-10(14)9(7-8)13(18)17-6-2-3-11(17)12(15)16-19/h4-5,7,11,19H,2-3,6H2,1H3,(H2,15,16). The number of aryl methyl sites for hydroxylation is 1. The average molecular weight is 326 g/mol. The number of halogens is 1. The lowest BCUT2D eigenvalue weighted by molar-refractivity contribution is 0.0767. The van der Waals surface area contributed by atoms with Crippen molar-refractivity contribution >= 4 is 27.7 Å². The van der Waals surface area contributed by atoms with Gasteiger partial charge in [-0.1, -0.05) is 16.8 Å². The summed E-state index contributed by atoms with van der Waals surface area (Å²) in [5.41, 5.74) is 7.28. The number of carbonyl (C=O) groups excluding carboxylic acids is 1. The smallest absolute Gasteiger partial charge is 0.255 e. The SMILES string of the molecule is Cc1ccc(Br)c(C(=O)N2CCCC2/C(N)=N/O)c1. The highest BCUT2D eigenvalue weighted by molar-refractivity contribution is 9.10. The molecular formula is C13H16BrN3O2.